The first-order valence-electron chi connectivity index (χ1n) is 8.06. The van der Waals surface area contributed by atoms with Gasteiger partial charge in [0, 0.05) is 10.1 Å². The molecule has 0 unspecified atom stereocenters. The Labute approximate surface area is 143 Å². The minimum Gasteiger partial charge on any atom is -0.123 e. The summed E-state index contributed by atoms with van der Waals surface area (Å²) in [5, 5.41) is 0.620. The Hall–Kier alpha value is -1.99. The van der Waals surface area contributed by atoms with Crippen molar-refractivity contribution in [3.05, 3.63) is 78.4 Å². The predicted molar refractivity (Wildman–Crippen MR) is 103 cm³/mol. The van der Waals surface area contributed by atoms with Gasteiger partial charge in [-0.3, -0.25) is 0 Å². The van der Waals surface area contributed by atoms with Crippen LogP contribution in [0.4, 0.5) is 0 Å². The van der Waals surface area contributed by atoms with Crippen molar-refractivity contribution >= 4 is 11.8 Å². The number of hydrogen-bond acceptors (Lipinski definition) is 1. The molecule has 3 rings (SSSR count). The van der Waals surface area contributed by atoms with Crippen LogP contribution in [-0.4, -0.2) is 5.25 Å². The van der Waals surface area contributed by atoms with Gasteiger partial charge in [0.05, 0.1) is 0 Å². The Morgan fingerprint density at radius 1 is 0.565 bits per heavy atom. The third-order valence-corrected chi connectivity index (χ3v) is 4.84. The summed E-state index contributed by atoms with van der Waals surface area (Å²) in [5.41, 5.74) is 6.37. The van der Waals surface area contributed by atoms with Gasteiger partial charge < -0.3 is 0 Å². The molecule has 0 amide bonds. The van der Waals surface area contributed by atoms with E-state index >= 15 is 0 Å². The van der Waals surface area contributed by atoms with Crippen LogP contribution in [0.2, 0.25) is 0 Å². The highest BCUT2D eigenvalue weighted by Gasteiger charge is 2.02. The zero-order valence-corrected chi connectivity index (χ0v) is 14.7. The summed E-state index contributed by atoms with van der Waals surface area (Å²) < 4.78 is 0. The minimum atomic E-state index is 0.620. The summed E-state index contributed by atoms with van der Waals surface area (Å²) in [6.07, 6.45) is 0. The number of benzene rings is 3. The summed E-state index contributed by atoms with van der Waals surface area (Å²) in [4.78, 5) is 1.33. The summed E-state index contributed by atoms with van der Waals surface area (Å²) in [7, 11) is 0. The molecule has 0 nitrogen and oxygen atoms in total. The molecule has 0 aromatic heterocycles. The monoisotopic (exact) mass is 318 g/mol. The van der Waals surface area contributed by atoms with Gasteiger partial charge in [0.15, 0.2) is 0 Å². The summed E-state index contributed by atoms with van der Waals surface area (Å²) in [6.45, 7) is 6.57. The number of hydrogen-bond donors (Lipinski definition) is 0. The molecule has 0 saturated carbocycles. The van der Waals surface area contributed by atoms with Gasteiger partial charge in [-0.15, -0.1) is 11.8 Å². The van der Waals surface area contributed by atoms with Crippen molar-refractivity contribution in [2.75, 3.05) is 0 Å². The fourth-order valence-corrected chi connectivity index (χ4v) is 3.44. The maximum atomic E-state index is 2.22. The van der Waals surface area contributed by atoms with Crippen molar-refractivity contribution in [2.45, 2.75) is 30.9 Å². The van der Waals surface area contributed by atoms with Crippen molar-refractivity contribution in [2.24, 2.45) is 0 Å². The van der Waals surface area contributed by atoms with Crippen LogP contribution in [0.1, 0.15) is 19.4 Å². The quantitative estimate of drug-likeness (QED) is 0.475. The van der Waals surface area contributed by atoms with Crippen molar-refractivity contribution in [1.82, 2.24) is 0 Å². The first-order valence-corrected chi connectivity index (χ1v) is 8.94. The minimum absolute atomic E-state index is 0.620. The second kappa shape index (κ2) is 7.06. The molecule has 0 heterocycles. The van der Waals surface area contributed by atoms with E-state index in [1.807, 2.05) is 11.8 Å². The molecule has 0 aliphatic rings. The molecule has 3 aromatic carbocycles. The molecule has 1 heteroatoms. The highest BCUT2D eigenvalue weighted by Crippen LogP contribution is 2.28. The van der Waals surface area contributed by atoms with E-state index in [9.17, 15) is 0 Å². The second-order valence-electron chi connectivity index (χ2n) is 6.13. The Balaban J connectivity index is 1.80. The van der Waals surface area contributed by atoms with Crippen LogP contribution < -0.4 is 0 Å². The molecule has 0 saturated heterocycles. The van der Waals surface area contributed by atoms with E-state index in [0.29, 0.717) is 5.25 Å². The van der Waals surface area contributed by atoms with Crippen molar-refractivity contribution < 1.29 is 0 Å². The van der Waals surface area contributed by atoms with E-state index in [0.717, 1.165) is 0 Å². The first kappa shape index (κ1) is 15.9. The summed E-state index contributed by atoms with van der Waals surface area (Å²) in [6, 6.07) is 26.4. The van der Waals surface area contributed by atoms with E-state index in [2.05, 4.69) is 93.6 Å². The lowest BCUT2D eigenvalue weighted by Gasteiger charge is -2.08. The molecule has 0 N–H and O–H groups in total. The Kier molecular flexibility index (Phi) is 4.88. The van der Waals surface area contributed by atoms with Gasteiger partial charge >= 0.3 is 0 Å². The maximum Gasteiger partial charge on any atom is 0.00749 e. The van der Waals surface area contributed by atoms with E-state index < -0.39 is 0 Å². The SMILES string of the molecule is Cc1ccc(-c2ccc(-c3ccc(SC(C)C)cc3)cc2)cc1. The van der Waals surface area contributed by atoms with E-state index in [-0.39, 0.29) is 0 Å². The van der Waals surface area contributed by atoms with Gasteiger partial charge in [0.25, 0.3) is 0 Å². The smallest absolute Gasteiger partial charge is 0.00749 e. The average Bonchev–Trinajstić information content (AvgIpc) is 2.56. The number of thioether (sulfide) groups is 1. The number of rotatable bonds is 4. The van der Waals surface area contributed by atoms with E-state index in [1.54, 1.807) is 0 Å². The van der Waals surface area contributed by atoms with E-state index in [1.165, 1.54) is 32.7 Å². The van der Waals surface area contributed by atoms with E-state index in [4.69, 9.17) is 0 Å². The second-order valence-corrected chi connectivity index (χ2v) is 7.78. The molecule has 0 radical (unpaired) electrons. The van der Waals surface area contributed by atoms with Crippen molar-refractivity contribution in [3.63, 3.8) is 0 Å². The molecular formula is C22H22S. The largest absolute Gasteiger partial charge is 0.123 e. The lowest BCUT2D eigenvalue weighted by atomic mass is 10.00. The van der Waals surface area contributed by atoms with Gasteiger partial charge in [0.2, 0.25) is 0 Å². The predicted octanol–water partition coefficient (Wildman–Crippen LogP) is 6.83. The normalized spacial score (nSPS) is 11.0. The van der Waals surface area contributed by atoms with Gasteiger partial charge in [0.1, 0.15) is 0 Å². The molecule has 0 spiro atoms. The molecule has 0 aliphatic carbocycles. The third kappa shape index (κ3) is 4.05. The molecular weight excluding hydrogens is 296 g/mol. The van der Waals surface area contributed by atoms with Gasteiger partial charge in [-0.25, -0.2) is 0 Å². The summed E-state index contributed by atoms with van der Waals surface area (Å²) >= 11 is 1.90. The molecule has 0 aliphatic heterocycles. The van der Waals surface area contributed by atoms with Crippen molar-refractivity contribution in [1.29, 1.82) is 0 Å². The lowest BCUT2D eigenvalue weighted by Crippen LogP contribution is -1.86. The van der Waals surface area contributed by atoms with Crippen LogP contribution in [0.15, 0.2) is 77.7 Å². The lowest BCUT2D eigenvalue weighted by molar-refractivity contribution is 1.11. The molecule has 3 aromatic rings. The molecule has 116 valence electrons. The molecule has 0 bridgehead atoms. The maximum absolute atomic E-state index is 2.22. The molecule has 0 fully saturated rings. The Morgan fingerprint density at radius 3 is 1.30 bits per heavy atom. The average molecular weight is 318 g/mol. The highest BCUT2D eigenvalue weighted by atomic mass is 32.2. The standard InChI is InChI=1S/C22H22S/c1-16(2)23-22-14-12-21(13-15-22)20-10-8-19(9-11-20)18-6-4-17(3)5-7-18/h4-16H,1-3H3. The zero-order chi connectivity index (χ0) is 16.2. The van der Waals surface area contributed by atoms with Crippen LogP contribution in [0.3, 0.4) is 0 Å². The van der Waals surface area contributed by atoms with Crippen LogP contribution in [-0.2, 0) is 0 Å². The Bertz CT molecular complexity index is 751. The third-order valence-electron chi connectivity index (χ3n) is 3.83. The highest BCUT2D eigenvalue weighted by molar-refractivity contribution is 7.99. The molecule has 0 atom stereocenters. The zero-order valence-electron chi connectivity index (χ0n) is 13.9. The van der Waals surface area contributed by atoms with Crippen LogP contribution in [0.5, 0.6) is 0 Å². The Morgan fingerprint density at radius 2 is 0.913 bits per heavy atom. The van der Waals surface area contributed by atoms with Gasteiger partial charge in [-0.1, -0.05) is 80.1 Å². The van der Waals surface area contributed by atoms with Crippen molar-refractivity contribution in [3.8, 4) is 22.3 Å². The fourth-order valence-electron chi connectivity index (χ4n) is 2.60. The first-order chi connectivity index (χ1) is 11.1. The van der Waals surface area contributed by atoms with Gasteiger partial charge in [-0.05, 0) is 41.3 Å². The van der Waals surface area contributed by atoms with Gasteiger partial charge in [-0.2, -0.15) is 0 Å². The van der Waals surface area contributed by atoms with Crippen LogP contribution in [0.25, 0.3) is 22.3 Å². The van der Waals surface area contributed by atoms with Crippen LogP contribution in [0, 0.1) is 6.92 Å². The van der Waals surface area contributed by atoms with Crippen LogP contribution >= 0.6 is 11.8 Å². The fraction of sp³-hybridized carbons (Fsp3) is 0.182. The topological polar surface area (TPSA) is 0 Å². The number of aryl methyl sites for hydroxylation is 1. The summed E-state index contributed by atoms with van der Waals surface area (Å²) in [5.74, 6) is 0. The molecule has 23 heavy (non-hydrogen) atoms.